The maximum absolute atomic E-state index is 12.4. The summed E-state index contributed by atoms with van der Waals surface area (Å²) in [5, 5.41) is 9.18. The summed E-state index contributed by atoms with van der Waals surface area (Å²) in [5.74, 6) is -0.723. The van der Waals surface area contributed by atoms with Crippen LogP contribution in [0.25, 0.3) is 11.3 Å². The van der Waals surface area contributed by atoms with Gasteiger partial charge in [0.15, 0.2) is 0 Å². The number of benzene rings is 1. The van der Waals surface area contributed by atoms with Gasteiger partial charge in [0.25, 0.3) is 0 Å². The highest BCUT2D eigenvalue weighted by Gasteiger charge is 2.30. The molecule has 3 nitrogen and oxygen atoms in total. The molecule has 0 spiro atoms. The van der Waals surface area contributed by atoms with E-state index in [9.17, 15) is 18.0 Å². The number of carboxylic acid groups (broad SMARTS) is 1. The normalized spacial score (nSPS) is 11.6. The van der Waals surface area contributed by atoms with Crippen LogP contribution in [0.5, 0.6) is 0 Å². The van der Waals surface area contributed by atoms with Crippen molar-refractivity contribution in [1.29, 1.82) is 0 Å². The van der Waals surface area contributed by atoms with Gasteiger partial charge in [-0.05, 0) is 18.2 Å². The summed E-state index contributed by atoms with van der Waals surface area (Å²) in [6.45, 7) is 0. The zero-order valence-corrected chi connectivity index (χ0v) is 11.5. The molecule has 1 N–H and O–H groups in total. The van der Waals surface area contributed by atoms with E-state index < -0.39 is 17.7 Å². The fraction of sp³-hybridized carbons (Fsp3) is 0.154. The van der Waals surface area contributed by atoms with E-state index in [0.717, 1.165) is 12.1 Å². The number of hydrogen-bond acceptors (Lipinski definition) is 2. The van der Waals surface area contributed by atoms with Gasteiger partial charge in [-0.15, -0.1) is 0 Å². The first-order valence-corrected chi connectivity index (χ1v) is 6.54. The summed E-state index contributed by atoms with van der Waals surface area (Å²) in [7, 11) is 0. The van der Waals surface area contributed by atoms with Gasteiger partial charge >= 0.3 is 12.1 Å². The molecule has 2 aromatic rings. The van der Waals surface area contributed by atoms with Crippen LogP contribution in [0, 0.1) is 0 Å². The molecule has 106 valence electrons. The largest absolute Gasteiger partial charge is 0.478 e. The summed E-state index contributed by atoms with van der Waals surface area (Å²) in [6.07, 6.45) is -4.41. The summed E-state index contributed by atoms with van der Waals surface area (Å²) < 4.78 is 42.7. The summed E-state index contributed by atoms with van der Waals surface area (Å²) in [5.41, 5.74) is -0.406. The van der Waals surface area contributed by atoms with E-state index in [2.05, 4.69) is 15.9 Å². The van der Waals surface area contributed by atoms with Crippen LogP contribution >= 0.6 is 15.9 Å². The molecular formula is C13H8BrF3O3. The number of furan rings is 1. The summed E-state index contributed by atoms with van der Waals surface area (Å²) in [4.78, 5) is 11.0. The Balaban J connectivity index is 2.39. The van der Waals surface area contributed by atoms with E-state index in [-0.39, 0.29) is 22.4 Å². The average Bonchev–Trinajstić information content (AvgIpc) is 2.82. The minimum absolute atomic E-state index is 0.0169. The van der Waals surface area contributed by atoms with Crippen LogP contribution in [0.1, 0.15) is 21.7 Å². The number of aromatic carboxylic acids is 1. The first kappa shape index (κ1) is 14.6. The minimum Gasteiger partial charge on any atom is -0.478 e. The Morgan fingerprint density at radius 3 is 2.25 bits per heavy atom. The molecule has 1 heterocycles. The molecule has 0 aliphatic rings. The standard InChI is InChI=1S/C13H8BrF3O3/c14-6-11-9(12(18)19)5-10(20-11)7-1-3-8(4-2-7)13(15,16)17/h1-5H,6H2,(H,18,19). The van der Waals surface area contributed by atoms with E-state index in [1.807, 2.05) is 0 Å². The fourth-order valence-corrected chi connectivity index (χ4v) is 2.09. The number of rotatable bonds is 3. The van der Waals surface area contributed by atoms with Gasteiger partial charge in [0.2, 0.25) is 0 Å². The van der Waals surface area contributed by atoms with E-state index in [1.165, 1.54) is 18.2 Å². The molecule has 7 heteroatoms. The molecule has 0 saturated heterocycles. The molecule has 0 bridgehead atoms. The molecule has 0 unspecified atom stereocenters. The number of carbonyl (C=O) groups is 1. The molecule has 0 fully saturated rings. The summed E-state index contributed by atoms with van der Waals surface area (Å²) >= 11 is 3.09. The maximum atomic E-state index is 12.4. The number of halogens is 4. The van der Waals surface area contributed by atoms with Crippen molar-refractivity contribution in [2.45, 2.75) is 11.5 Å². The van der Waals surface area contributed by atoms with Gasteiger partial charge in [0.1, 0.15) is 17.1 Å². The smallest absolute Gasteiger partial charge is 0.416 e. The molecule has 0 saturated carbocycles. The lowest BCUT2D eigenvalue weighted by molar-refractivity contribution is -0.137. The van der Waals surface area contributed by atoms with Gasteiger partial charge in [0.05, 0.1) is 10.9 Å². The van der Waals surface area contributed by atoms with Gasteiger partial charge in [0, 0.05) is 5.56 Å². The molecule has 1 aromatic heterocycles. The molecule has 1 aromatic carbocycles. The second kappa shape index (κ2) is 5.32. The highest BCUT2D eigenvalue weighted by Crippen LogP contribution is 2.32. The lowest BCUT2D eigenvalue weighted by Crippen LogP contribution is -2.03. The van der Waals surface area contributed by atoms with Crippen molar-refractivity contribution in [2.24, 2.45) is 0 Å². The van der Waals surface area contributed by atoms with Gasteiger partial charge in [-0.1, -0.05) is 28.1 Å². The lowest BCUT2D eigenvalue weighted by atomic mass is 10.1. The van der Waals surface area contributed by atoms with E-state index in [0.29, 0.717) is 5.56 Å². The first-order chi connectivity index (χ1) is 9.32. The van der Waals surface area contributed by atoms with Gasteiger partial charge in [-0.25, -0.2) is 4.79 Å². The number of carboxylic acids is 1. The van der Waals surface area contributed by atoms with Crippen molar-refractivity contribution in [2.75, 3.05) is 0 Å². The predicted molar refractivity (Wildman–Crippen MR) is 68.7 cm³/mol. The highest BCUT2D eigenvalue weighted by molar-refractivity contribution is 9.08. The molecule has 0 atom stereocenters. The second-order valence-corrected chi connectivity index (χ2v) is 4.52. The molecule has 0 amide bonds. The molecule has 0 aliphatic heterocycles. The third-order valence-electron chi connectivity index (χ3n) is 2.66. The van der Waals surface area contributed by atoms with Crippen molar-refractivity contribution >= 4 is 21.9 Å². The Labute approximate surface area is 120 Å². The Bertz CT molecular complexity index is 629. The van der Waals surface area contributed by atoms with Crippen molar-refractivity contribution in [3.05, 3.63) is 47.2 Å². The van der Waals surface area contributed by atoms with Crippen molar-refractivity contribution in [3.8, 4) is 11.3 Å². The fourth-order valence-electron chi connectivity index (χ4n) is 1.67. The zero-order chi connectivity index (χ0) is 14.9. The molecule has 0 aliphatic carbocycles. The third kappa shape index (κ3) is 2.87. The van der Waals surface area contributed by atoms with Crippen LogP contribution in [0.3, 0.4) is 0 Å². The second-order valence-electron chi connectivity index (χ2n) is 3.96. The Morgan fingerprint density at radius 2 is 1.85 bits per heavy atom. The van der Waals surface area contributed by atoms with Crippen LogP contribution < -0.4 is 0 Å². The minimum atomic E-state index is -4.41. The van der Waals surface area contributed by atoms with Crippen molar-refractivity contribution < 1.29 is 27.5 Å². The lowest BCUT2D eigenvalue weighted by Gasteiger charge is -2.06. The maximum Gasteiger partial charge on any atom is 0.416 e. The molecule has 20 heavy (non-hydrogen) atoms. The van der Waals surface area contributed by atoms with E-state index in [4.69, 9.17) is 9.52 Å². The first-order valence-electron chi connectivity index (χ1n) is 5.42. The average molecular weight is 349 g/mol. The van der Waals surface area contributed by atoms with Crippen LogP contribution in [-0.2, 0) is 11.5 Å². The quantitative estimate of drug-likeness (QED) is 0.827. The molecular weight excluding hydrogens is 341 g/mol. The number of alkyl halides is 4. The number of hydrogen-bond donors (Lipinski definition) is 1. The SMILES string of the molecule is O=C(O)c1cc(-c2ccc(C(F)(F)F)cc2)oc1CBr. The highest BCUT2D eigenvalue weighted by atomic mass is 79.9. The Hall–Kier alpha value is -1.76. The van der Waals surface area contributed by atoms with Gasteiger partial charge in [-0.3, -0.25) is 0 Å². The van der Waals surface area contributed by atoms with Crippen LogP contribution in [0.2, 0.25) is 0 Å². The zero-order valence-electron chi connectivity index (χ0n) is 9.87. The topological polar surface area (TPSA) is 50.4 Å². The Kier molecular flexibility index (Phi) is 3.89. The van der Waals surface area contributed by atoms with Gasteiger partial charge in [-0.2, -0.15) is 13.2 Å². The van der Waals surface area contributed by atoms with E-state index in [1.54, 1.807) is 0 Å². The Morgan fingerprint density at radius 1 is 1.25 bits per heavy atom. The third-order valence-corrected chi connectivity index (χ3v) is 3.17. The predicted octanol–water partition coefficient (Wildman–Crippen LogP) is 4.56. The van der Waals surface area contributed by atoms with Crippen LogP contribution in [0.4, 0.5) is 13.2 Å². The monoisotopic (exact) mass is 348 g/mol. The van der Waals surface area contributed by atoms with Crippen LogP contribution in [0.15, 0.2) is 34.7 Å². The van der Waals surface area contributed by atoms with Crippen LogP contribution in [-0.4, -0.2) is 11.1 Å². The van der Waals surface area contributed by atoms with E-state index >= 15 is 0 Å². The van der Waals surface area contributed by atoms with Crippen molar-refractivity contribution in [3.63, 3.8) is 0 Å². The molecule has 2 rings (SSSR count). The van der Waals surface area contributed by atoms with Crippen molar-refractivity contribution in [1.82, 2.24) is 0 Å². The van der Waals surface area contributed by atoms with Gasteiger partial charge < -0.3 is 9.52 Å². The summed E-state index contributed by atoms with van der Waals surface area (Å²) in [6, 6.07) is 5.62. The molecule has 0 radical (unpaired) electrons.